The molecule has 4 nitrogen and oxygen atoms in total. The van der Waals surface area contributed by atoms with E-state index in [0.717, 1.165) is 12.1 Å². The third-order valence-electron chi connectivity index (χ3n) is 2.58. The number of nitrogens with two attached hydrogens (primary N) is 1. The Labute approximate surface area is 104 Å². The molecule has 6 heteroatoms. The third-order valence-corrected chi connectivity index (χ3v) is 2.58. The van der Waals surface area contributed by atoms with Gasteiger partial charge >= 0.3 is 0 Å². The second-order valence-corrected chi connectivity index (χ2v) is 3.82. The minimum absolute atomic E-state index is 0.0474. The SMILES string of the molecule is CCN(CCCO)C(=O)c1cc(F)c(N)c(F)c1. The van der Waals surface area contributed by atoms with Crippen molar-refractivity contribution in [3.05, 3.63) is 29.3 Å². The van der Waals surface area contributed by atoms with Crippen LogP contribution in [0.4, 0.5) is 14.5 Å². The first-order chi connectivity index (χ1) is 8.51. The van der Waals surface area contributed by atoms with Gasteiger partial charge in [-0.1, -0.05) is 0 Å². The van der Waals surface area contributed by atoms with E-state index in [1.807, 2.05) is 0 Å². The van der Waals surface area contributed by atoms with Gasteiger partial charge in [0.25, 0.3) is 5.91 Å². The van der Waals surface area contributed by atoms with Crippen molar-refractivity contribution < 1.29 is 18.7 Å². The number of carbonyl (C=O) groups excluding carboxylic acids is 1. The lowest BCUT2D eigenvalue weighted by Gasteiger charge is -2.20. The number of anilines is 1. The lowest BCUT2D eigenvalue weighted by Crippen LogP contribution is -2.32. The van der Waals surface area contributed by atoms with E-state index in [1.54, 1.807) is 6.92 Å². The van der Waals surface area contributed by atoms with Crippen LogP contribution in [-0.2, 0) is 0 Å². The number of hydrogen-bond acceptors (Lipinski definition) is 3. The van der Waals surface area contributed by atoms with Crippen molar-refractivity contribution in [1.82, 2.24) is 4.90 Å². The molecule has 1 amide bonds. The molecule has 18 heavy (non-hydrogen) atoms. The summed E-state index contributed by atoms with van der Waals surface area (Å²) in [6.07, 6.45) is 0.416. The Morgan fingerprint density at radius 3 is 2.39 bits per heavy atom. The van der Waals surface area contributed by atoms with Crippen LogP contribution in [0.15, 0.2) is 12.1 Å². The number of aliphatic hydroxyl groups is 1. The summed E-state index contributed by atoms with van der Waals surface area (Å²) >= 11 is 0. The van der Waals surface area contributed by atoms with Crippen LogP contribution < -0.4 is 5.73 Å². The minimum atomic E-state index is -0.948. The number of nitrogen functional groups attached to an aromatic ring is 1. The minimum Gasteiger partial charge on any atom is -0.396 e. The van der Waals surface area contributed by atoms with E-state index in [2.05, 4.69) is 0 Å². The number of aliphatic hydroxyl groups excluding tert-OH is 1. The zero-order chi connectivity index (χ0) is 13.7. The standard InChI is InChI=1S/C12H16F2N2O2/c1-2-16(4-3-5-17)12(18)8-6-9(13)11(15)10(14)7-8/h6-7,17H,2-5,15H2,1H3. The molecular formula is C12H16F2N2O2. The summed E-state index contributed by atoms with van der Waals surface area (Å²) in [5.74, 6) is -2.38. The molecule has 0 unspecified atom stereocenters. The summed E-state index contributed by atoms with van der Waals surface area (Å²) in [7, 11) is 0. The fourth-order valence-electron chi connectivity index (χ4n) is 1.56. The van der Waals surface area contributed by atoms with Crippen molar-refractivity contribution in [2.45, 2.75) is 13.3 Å². The molecule has 100 valence electrons. The number of rotatable bonds is 5. The Morgan fingerprint density at radius 1 is 1.39 bits per heavy atom. The molecule has 0 aliphatic rings. The third kappa shape index (κ3) is 3.16. The van der Waals surface area contributed by atoms with Gasteiger partial charge in [-0.15, -0.1) is 0 Å². The van der Waals surface area contributed by atoms with Crippen molar-refractivity contribution in [3.8, 4) is 0 Å². The molecule has 0 radical (unpaired) electrons. The zero-order valence-corrected chi connectivity index (χ0v) is 10.1. The highest BCUT2D eigenvalue weighted by molar-refractivity contribution is 5.94. The summed E-state index contributed by atoms with van der Waals surface area (Å²) in [5.41, 5.74) is 4.45. The fraction of sp³-hybridized carbons (Fsp3) is 0.417. The van der Waals surface area contributed by atoms with Gasteiger partial charge in [-0.2, -0.15) is 0 Å². The molecule has 0 heterocycles. The van der Waals surface area contributed by atoms with Crippen molar-refractivity contribution in [2.24, 2.45) is 0 Å². The monoisotopic (exact) mass is 258 g/mol. The summed E-state index contributed by atoms with van der Waals surface area (Å²) in [6, 6.07) is 1.84. The van der Waals surface area contributed by atoms with Crippen LogP contribution in [-0.4, -0.2) is 35.6 Å². The van der Waals surface area contributed by atoms with Gasteiger partial charge in [0.2, 0.25) is 0 Å². The molecule has 1 aromatic rings. The summed E-state index contributed by atoms with van der Waals surface area (Å²) in [4.78, 5) is 13.4. The maximum absolute atomic E-state index is 13.2. The molecular weight excluding hydrogens is 242 g/mol. The Hall–Kier alpha value is -1.69. The number of carbonyl (C=O) groups is 1. The average Bonchev–Trinajstić information content (AvgIpc) is 2.36. The normalized spacial score (nSPS) is 10.4. The number of hydrogen-bond donors (Lipinski definition) is 2. The molecule has 3 N–H and O–H groups in total. The van der Waals surface area contributed by atoms with E-state index in [9.17, 15) is 13.6 Å². The molecule has 1 rings (SSSR count). The maximum atomic E-state index is 13.2. The molecule has 0 saturated heterocycles. The van der Waals surface area contributed by atoms with Crippen LogP contribution >= 0.6 is 0 Å². The smallest absolute Gasteiger partial charge is 0.254 e. The Balaban J connectivity index is 2.95. The summed E-state index contributed by atoms with van der Waals surface area (Å²) in [6.45, 7) is 2.43. The second-order valence-electron chi connectivity index (χ2n) is 3.82. The van der Waals surface area contributed by atoms with Crippen molar-refractivity contribution >= 4 is 11.6 Å². The number of nitrogens with zero attached hydrogens (tertiary/aromatic N) is 1. The van der Waals surface area contributed by atoms with E-state index < -0.39 is 23.2 Å². The summed E-state index contributed by atoms with van der Waals surface area (Å²) < 4.78 is 26.5. The van der Waals surface area contributed by atoms with E-state index in [1.165, 1.54) is 4.90 Å². The maximum Gasteiger partial charge on any atom is 0.254 e. The highest BCUT2D eigenvalue weighted by atomic mass is 19.1. The second kappa shape index (κ2) is 6.30. The van der Waals surface area contributed by atoms with Gasteiger partial charge in [0, 0.05) is 25.3 Å². The largest absolute Gasteiger partial charge is 0.396 e. The number of amides is 1. The van der Waals surface area contributed by atoms with Gasteiger partial charge in [0.15, 0.2) is 0 Å². The van der Waals surface area contributed by atoms with Crippen LogP contribution in [0.1, 0.15) is 23.7 Å². The van der Waals surface area contributed by atoms with E-state index in [0.29, 0.717) is 19.5 Å². The summed E-state index contributed by atoms with van der Waals surface area (Å²) in [5, 5.41) is 8.71. The predicted molar refractivity (Wildman–Crippen MR) is 64.1 cm³/mol. The van der Waals surface area contributed by atoms with Crippen LogP contribution in [0, 0.1) is 11.6 Å². The lowest BCUT2D eigenvalue weighted by molar-refractivity contribution is 0.0753. The van der Waals surface area contributed by atoms with Gasteiger partial charge in [0.05, 0.1) is 0 Å². The highest BCUT2D eigenvalue weighted by Gasteiger charge is 2.17. The van der Waals surface area contributed by atoms with Crippen LogP contribution in [0.2, 0.25) is 0 Å². The van der Waals surface area contributed by atoms with Gasteiger partial charge in [-0.25, -0.2) is 8.78 Å². The zero-order valence-electron chi connectivity index (χ0n) is 10.1. The number of halogens is 2. The quantitative estimate of drug-likeness (QED) is 0.784. The van der Waals surface area contributed by atoms with Crippen molar-refractivity contribution in [2.75, 3.05) is 25.4 Å². The molecule has 0 aliphatic carbocycles. The Bertz CT molecular complexity index is 415. The molecule has 0 aromatic heterocycles. The predicted octanol–water partition coefficient (Wildman–Crippen LogP) is 1.39. The van der Waals surface area contributed by atoms with Crippen molar-refractivity contribution in [3.63, 3.8) is 0 Å². The van der Waals surface area contributed by atoms with Gasteiger partial charge in [0.1, 0.15) is 17.3 Å². The Morgan fingerprint density at radius 2 is 1.94 bits per heavy atom. The van der Waals surface area contributed by atoms with Crippen LogP contribution in [0.5, 0.6) is 0 Å². The van der Waals surface area contributed by atoms with Crippen LogP contribution in [0.3, 0.4) is 0 Å². The van der Waals surface area contributed by atoms with Gasteiger partial charge < -0.3 is 15.7 Å². The number of benzene rings is 1. The molecule has 0 bridgehead atoms. The van der Waals surface area contributed by atoms with Crippen molar-refractivity contribution in [1.29, 1.82) is 0 Å². The van der Waals surface area contributed by atoms with Crippen LogP contribution in [0.25, 0.3) is 0 Å². The first-order valence-corrected chi connectivity index (χ1v) is 5.65. The van der Waals surface area contributed by atoms with E-state index in [4.69, 9.17) is 10.8 Å². The Kier molecular flexibility index (Phi) is 5.03. The molecule has 0 fully saturated rings. The topological polar surface area (TPSA) is 66.6 Å². The molecule has 1 aromatic carbocycles. The molecule has 0 aliphatic heterocycles. The average molecular weight is 258 g/mol. The fourth-order valence-corrected chi connectivity index (χ4v) is 1.56. The molecule has 0 spiro atoms. The molecule has 0 saturated carbocycles. The van der Waals surface area contributed by atoms with E-state index >= 15 is 0 Å². The van der Waals surface area contributed by atoms with E-state index in [-0.39, 0.29) is 12.2 Å². The van der Waals surface area contributed by atoms with Gasteiger partial charge in [-0.05, 0) is 25.5 Å². The highest BCUT2D eigenvalue weighted by Crippen LogP contribution is 2.18. The first-order valence-electron chi connectivity index (χ1n) is 5.65. The van der Waals surface area contributed by atoms with Gasteiger partial charge in [-0.3, -0.25) is 4.79 Å². The first kappa shape index (κ1) is 14.4. The molecule has 0 atom stereocenters. The lowest BCUT2D eigenvalue weighted by atomic mass is 10.1.